The van der Waals surface area contributed by atoms with E-state index in [1.54, 1.807) is 10.7 Å². The monoisotopic (exact) mass is 231 g/mol. The van der Waals surface area contributed by atoms with E-state index in [-0.39, 0.29) is 6.04 Å². The molecule has 0 spiro atoms. The van der Waals surface area contributed by atoms with Crippen molar-refractivity contribution in [3.63, 3.8) is 0 Å². The Labute approximate surface area is 101 Å². The lowest BCUT2D eigenvalue weighted by Gasteiger charge is -2.12. The normalized spacial score (nSPS) is 12.6. The van der Waals surface area contributed by atoms with Crippen molar-refractivity contribution >= 4 is 0 Å². The fourth-order valence-corrected chi connectivity index (χ4v) is 1.70. The third kappa shape index (κ3) is 2.85. The fraction of sp³-hybridized carbons (Fsp3) is 0.308. The summed E-state index contributed by atoms with van der Waals surface area (Å²) in [5.74, 6) is 0.332. The van der Waals surface area contributed by atoms with Crippen molar-refractivity contribution in [3.05, 3.63) is 47.8 Å². The number of phenols is 1. The molecule has 0 fully saturated rings. The molecule has 0 aliphatic rings. The van der Waals surface area contributed by atoms with Gasteiger partial charge in [0.05, 0.1) is 6.20 Å². The van der Waals surface area contributed by atoms with Gasteiger partial charge in [0.1, 0.15) is 5.75 Å². The van der Waals surface area contributed by atoms with Crippen molar-refractivity contribution in [2.75, 3.05) is 0 Å². The third-order valence-electron chi connectivity index (χ3n) is 2.82. The summed E-state index contributed by atoms with van der Waals surface area (Å²) in [6.07, 6.45) is 3.84. The summed E-state index contributed by atoms with van der Waals surface area (Å²) < 4.78 is 1.79. The molecule has 0 bridgehead atoms. The van der Waals surface area contributed by atoms with E-state index in [9.17, 15) is 5.11 Å². The van der Waals surface area contributed by atoms with Gasteiger partial charge in [0.25, 0.3) is 0 Å². The average Bonchev–Trinajstić information content (AvgIpc) is 2.74. The minimum atomic E-state index is 0.211. The first-order valence-corrected chi connectivity index (χ1v) is 5.65. The molecule has 1 aromatic carbocycles. The zero-order chi connectivity index (χ0) is 12.3. The van der Waals surface area contributed by atoms with E-state index in [4.69, 9.17) is 0 Å². The van der Waals surface area contributed by atoms with Crippen LogP contribution in [-0.4, -0.2) is 14.9 Å². The maximum atomic E-state index is 9.64. The van der Waals surface area contributed by atoms with Crippen molar-refractivity contribution in [3.8, 4) is 5.75 Å². The van der Waals surface area contributed by atoms with Crippen molar-refractivity contribution in [1.82, 2.24) is 15.1 Å². The van der Waals surface area contributed by atoms with Crippen molar-refractivity contribution in [2.45, 2.75) is 19.5 Å². The first kappa shape index (κ1) is 11.7. The number of rotatable bonds is 4. The number of benzene rings is 1. The second-order valence-electron chi connectivity index (χ2n) is 4.18. The fourth-order valence-electron chi connectivity index (χ4n) is 1.70. The molecular weight excluding hydrogens is 214 g/mol. The van der Waals surface area contributed by atoms with Crippen LogP contribution in [-0.2, 0) is 13.6 Å². The van der Waals surface area contributed by atoms with Crippen LogP contribution in [0.5, 0.6) is 5.75 Å². The summed E-state index contributed by atoms with van der Waals surface area (Å²) in [5, 5.41) is 17.1. The number of phenolic OH excluding ortho intramolecular Hbond substituents is 1. The molecule has 0 radical (unpaired) electrons. The van der Waals surface area contributed by atoms with Crippen LogP contribution in [0.1, 0.15) is 24.1 Å². The van der Waals surface area contributed by atoms with Gasteiger partial charge in [-0.1, -0.05) is 18.2 Å². The van der Waals surface area contributed by atoms with Crippen LogP contribution in [0.2, 0.25) is 0 Å². The number of para-hydroxylation sites is 1. The van der Waals surface area contributed by atoms with Gasteiger partial charge in [-0.2, -0.15) is 5.10 Å². The predicted molar refractivity (Wildman–Crippen MR) is 66.6 cm³/mol. The van der Waals surface area contributed by atoms with Crippen molar-refractivity contribution < 1.29 is 5.11 Å². The molecule has 1 aromatic heterocycles. The Morgan fingerprint density at radius 3 is 2.82 bits per heavy atom. The van der Waals surface area contributed by atoms with Gasteiger partial charge in [-0.25, -0.2) is 0 Å². The van der Waals surface area contributed by atoms with Gasteiger partial charge in [-0.15, -0.1) is 0 Å². The lowest BCUT2D eigenvalue weighted by atomic mass is 10.1. The molecule has 4 heteroatoms. The van der Waals surface area contributed by atoms with Gasteiger partial charge >= 0.3 is 0 Å². The van der Waals surface area contributed by atoms with Crippen LogP contribution in [0.4, 0.5) is 0 Å². The van der Waals surface area contributed by atoms with E-state index >= 15 is 0 Å². The quantitative estimate of drug-likeness (QED) is 0.846. The van der Waals surface area contributed by atoms with Crippen LogP contribution < -0.4 is 5.32 Å². The third-order valence-corrected chi connectivity index (χ3v) is 2.82. The van der Waals surface area contributed by atoms with Crippen LogP contribution in [0.25, 0.3) is 0 Å². The standard InChI is InChI=1S/C13H17N3O/c1-10(12-8-15-16(2)9-12)14-7-11-5-3-4-6-13(11)17/h3-6,8-10,14,17H,7H2,1-2H3. The number of hydrogen-bond donors (Lipinski definition) is 2. The molecule has 1 unspecified atom stereocenters. The highest BCUT2D eigenvalue weighted by molar-refractivity contribution is 5.31. The largest absolute Gasteiger partial charge is 0.508 e. The van der Waals surface area contributed by atoms with Gasteiger partial charge in [0.15, 0.2) is 0 Å². The number of hydrogen-bond acceptors (Lipinski definition) is 3. The molecule has 2 rings (SSSR count). The van der Waals surface area contributed by atoms with Gasteiger partial charge in [0.2, 0.25) is 0 Å². The van der Waals surface area contributed by atoms with Crippen LogP contribution in [0, 0.1) is 0 Å². The maximum absolute atomic E-state index is 9.64. The summed E-state index contributed by atoms with van der Waals surface area (Å²) in [6, 6.07) is 7.57. The zero-order valence-electron chi connectivity index (χ0n) is 10.1. The van der Waals surface area contributed by atoms with E-state index in [1.165, 1.54) is 0 Å². The second kappa shape index (κ2) is 5.01. The first-order valence-electron chi connectivity index (χ1n) is 5.65. The maximum Gasteiger partial charge on any atom is 0.120 e. The summed E-state index contributed by atoms with van der Waals surface area (Å²) in [5.41, 5.74) is 2.05. The smallest absolute Gasteiger partial charge is 0.120 e. The summed E-state index contributed by atoms with van der Waals surface area (Å²) >= 11 is 0. The van der Waals surface area contributed by atoms with E-state index in [1.807, 2.05) is 37.6 Å². The molecule has 1 heterocycles. The molecule has 0 aliphatic heterocycles. The van der Waals surface area contributed by atoms with Gasteiger partial charge in [-0.3, -0.25) is 4.68 Å². The lowest BCUT2D eigenvalue weighted by Crippen LogP contribution is -2.17. The van der Waals surface area contributed by atoms with Gasteiger partial charge in [-0.05, 0) is 13.0 Å². The molecule has 1 atom stereocenters. The zero-order valence-corrected chi connectivity index (χ0v) is 10.1. The van der Waals surface area contributed by atoms with Crippen LogP contribution >= 0.6 is 0 Å². The van der Waals surface area contributed by atoms with Crippen molar-refractivity contribution in [1.29, 1.82) is 0 Å². The van der Waals surface area contributed by atoms with E-state index in [0.717, 1.165) is 11.1 Å². The number of aromatic nitrogens is 2. The minimum Gasteiger partial charge on any atom is -0.508 e. The molecule has 17 heavy (non-hydrogen) atoms. The van der Waals surface area contributed by atoms with Crippen molar-refractivity contribution in [2.24, 2.45) is 7.05 Å². The van der Waals surface area contributed by atoms with Gasteiger partial charge < -0.3 is 10.4 Å². The van der Waals surface area contributed by atoms with Crippen LogP contribution in [0.3, 0.4) is 0 Å². The predicted octanol–water partition coefficient (Wildman–Crippen LogP) is 1.98. The number of aromatic hydroxyl groups is 1. The van der Waals surface area contributed by atoms with E-state index < -0.39 is 0 Å². The van der Waals surface area contributed by atoms with E-state index in [0.29, 0.717) is 12.3 Å². The Hall–Kier alpha value is -1.81. The highest BCUT2D eigenvalue weighted by Crippen LogP contribution is 2.17. The molecule has 90 valence electrons. The summed E-state index contributed by atoms with van der Waals surface area (Å²) in [4.78, 5) is 0. The molecule has 2 aromatic rings. The first-order chi connectivity index (χ1) is 8.16. The Kier molecular flexibility index (Phi) is 3.44. The molecule has 0 saturated carbocycles. The average molecular weight is 231 g/mol. The molecule has 0 saturated heterocycles. The number of nitrogens with one attached hydrogen (secondary N) is 1. The molecule has 0 aliphatic carbocycles. The Morgan fingerprint density at radius 1 is 1.41 bits per heavy atom. The molecule has 4 nitrogen and oxygen atoms in total. The summed E-state index contributed by atoms with van der Waals surface area (Å²) in [7, 11) is 1.90. The van der Waals surface area contributed by atoms with E-state index in [2.05, 4.69) is 17.3 Å². The highest BCUT2D eigenvalue weighted by Gasteiger charge is 2.07. The molecule has 2 N–H and O–H groups in total. The Morgan fingerprint density at radius 2 is 2.18 bits per heavy atom. The Balaban J connectivity index is 1.97. The topological polar surface area (TPSA) is 50.1 Å². The van der Waals surface area contributed by atoms with Gasteiger partial charge in [0, 0.05) is 37.0 Å². The Bertz CT molecular complexity index is 493. The minimum absolute atomic E-state index is 0.211. The number of aryl methyl sites for hydroxylation is 1. The number of nitrogens with zero attached hydrogens (tertiary/aromatic N) is 2. The van der Waals surface area contributed by atoms with Crippen LogP contribution in [0.15, 0.2) is 36.7 Å². The molecule has 0 amide bonds. The molecular formula is C13H17N3O. The summed E-state index contributed by atoms with van der Waals surface area (Å²) in [6.45, 7) is 2.72. The second-order valence-corrected chi connectivity index (χ2v) is 4.18. The lowest BCUT2D eigenvalue weighted by molar-refractivity contribution is 0.460. The SMILES string of the molecule is CC(NCc1ccccc1O)c1cnn(C)c1. The highest BCUT2D eigenvalue weighted by atomic mass is 16.3.